The van der Waals surface area contributed by atoms with E-state index < -0.39 is 5.60 Å². The first-order valence-corrected chi connectivity index (χ1v) is 5.82. The summed E-state index contributed by atoms with van der Waals surface area (Å²) in [6.45, 7) is 12.6. The van der Waals surface area contributed by atoms with Crippen LogP contribution in [0.1, 0.15) is 54.4 Å². The van der Waals surface area contributed by atoms with Crippen LogP contribution >= 0.6 is 0 Å². The number of carbonyl (C=O) groups is 1. The molecule has 0 aliphatic heterocycles. The molecule has 3 heteroatoms. The molecule has 94 valence electrons. The molecule has 1 N–H and O–H groups in total. The second-order valence-corrected chi connectivity index (χ2v) is 5.31. The van der Waals surface area contributed by atoms with E-state index in [1.165, 1.54) is 11.1 Å². The summed E-state index contributed by atoms with van der Waals surface area (Å²) < 4.78 is 5.13. The summed E-state index contributed by atoms with van der Waals surface area (Å²) in [5, 5.41) is 2.75. The lowest BCUT2D eigenvalue weighted by atomic mass is 10.1. The molecule has 0 atom stereocenters. The monoisotopic (exact) mass is 227 g/mol. The van der Waals surface area contributed by atoms with Gasteiger partial charge in [-0.1, -0.05) is 11.1 Å². The van der Waals surface area contributed by atoms with Crippen LogP contribution in [0.5, 0.6) is 0 Å². The first-order valence-electron chi connectivity index (χ1n) is 5.82. The first-order chi connectivity index (χ1) is 7.22. The van der Waals surface area contributed by atoms with Crippen molar-refractivity contribution >= 4 is 6.09 Å². The van der Waals surface area contributed by atoms with Gasteiger partial charge in [0.1, 0.15) is 5.60 Å². The fourth-order valence-electron chi connectivity index (χ4n) is 1.11. The number of carbonyl (C=O) groups excluding carboxylic acids is 1. The van der Waals surface area contributed by atoms with Gasteiger partial charge >= 0.3 is 6.09 Å². The molecule has 0 aliphatic rings. The van der Waals surface area contributed by atoms with Crippen LogP contribution < -0.4 is 5.32 Å². The molecule has 3 nitrogen and oxygen atoms in total. The Hall–Kier alpha value is -0.990. The molecule has 0 unspecified atom stereocenters. The van der Waals surface area contributed by atoms with E-state index in [2.05, 4.69) is 26.1 Å². The Morgan fingerprint density at radius 2 is 1.75 bits per heavy atom. The van der Waals surface area contributed by atoms with E-state index in [0.29, 0.717) is 6.54 Å². The Morgan fingerprint density at radius 1 is 1.19 bits per heavy atom. The molecule has 1 amide bonds. The molecular formula is C13H25NO2. The van der Waals surface area contributed by atoms with Crippen molar-refractivity contribution < 1.29 is 9.53 Å². The third kappa shape index (κ3) is 8.33. The summed E-state index contributed by atoms with van der Waals surface area (Å²) in [5.41, 5.74) is 2.34. The van der Waals surface area contributed by atoms with Crippen LogP contribution in [0.2, 0.25) is 0 Å². The summed E-state index contributed by atoms with van der Waals surface area (Å²) in [5.74, 6) is 0. The number of hydrogen-bond donors (Lipinski definition) is 1. The van der Waals surface area contributed by atoms with E-state index >= 15 is 0 Å². The number of allylic oxidation sites excluding steroid dienone is 2. The standard InChI is InChI=1S/C13H25NO2/c1-10(2)11(3)8-7-9-14-12(15)16-13(4,5)6/h7-9H2,1-6H3,(H,14,15). The quantitative estimate of drug-likeness (QED) is 0.588. The second-order valence-electron chi connectivity index (χ2n) is 5.31. The van der Waals surface area contributed by atoms with Crippen LogP contribution in [-0.2, 0) is 4.74 Å². The number of ether oxygens (including phenoxy) is 1. The summed E-state index contributed by atoms with van der Waals surface area (Å²) in [6, 6.07) is 0. The minimum atomic E-state index is -0.417. The van der Waals surface area contributed by atoms with E-state index in [9.17, 15) is 4.79 Å². The van der Waals surface area contributed by atoms with Gasteiger partial charge in [-0.05, 0) is 54.4 Å². The van der Waals surface area contributed by atoms with Crippen LogP contribution in [0.25, 0.3) is 0 Å². The minimum Gasteiger partial charge on any atom is -0.444 e. The van der Waals surface area contributed by atoms with Gasteiger partial charge in [-0.2, -0.15) is 0 Å². The van der Waals surface area contributed by atoms with E-state index in [4.69, 9.17) is 4.74 Å². The minimum absolute atomic E-state index is 0.331. The molecule has 0 bridgehead atoms. The molecular weight excluding hydrogens is 202 g/mol. The molecule has 0 aromatic rings. The molecule has 0 aromatic heterocycles. The lowest BCUT2D eigenvalue weighted by Gasteiger charge is -2.19. The average Bonchev–Trinajstić information content (AvgIpc) is 2.08. The SMILES string of the molecule is CC(C)=C(C)CCCNC(=O)OC(C)(C)C. The highest BCUT2D eigenvalue weighted by molar-refractivity contribution is 5.67. The van der Waals surface area contributed by atoms with E-state index in [-0.39, 0.29) is 6.09 Å². The Balaban J connectivity index is 3.69. The predicted molar refractivity (Wildman–Crippen MR) is 67.5 cm³/mol. The van der Waals surface area contributed by atoms with Gasteiger partial charge in [0.15, 0.2) is 0 Å². The Bertz CT molecular complexity index is 258. The maximum atomic E-state index is 11.3. The third-order valence-corrected chi connectivity index (χ3v) is 2.25. The van der Waals surface area contributed by atoms with Crippen molar-refractivity contribution in [3.05, 3.63) is 11.1 Å². The van der Waals surface area contributed by atoms with Gasteiger partial charge in [0.25, 0.3) is 0 Å². The number of alkyl carbamates (subject to hydrolysis) is 1. The van der Waals surface area contributed by atoms with Crippen molar-refractivity contribution in [3.63, 3.8) is 0 Å². The zero-order valence-electron chi connectivity index (χ0n) is 11.4. The highest BCUT2D eigenvalue weighted by Crippen LogP contribution is 2.09. The van der Waals surface area contributed by atoms with Gasteiger partial charge in [-0.15, -0.1) is 0 Å². The fourth-order valence-corrected chi connectivity index (χ4v) is 1.11. The van der Waals surface area contributed by atoms with Crippen LogP contribution in [0, 0.1) is 0 Å². The number of amides is 1. The van der Waals surface area contributed by atoms with Crippen molar-refractivity contribution in [1.82, 2.24) is 5.32 Å². The maximum absolute atomic E-state index is 11.3. The largest absolute Gasteiger partial charge is 0.444 e. The Morgan fingerprint density at radius 3 is 2.19 bits per heavy atom. The van der Waals surface area contributed by atoms with Gasteiger partial charge in [0, 0.05) is 6.54 Å². The topological polar surface area (TPSA) is 38.3 Å². The number of nitrogens with one attached hydrogen (secondary N) is 1. The first kappa shape index (κ1) is 15.0. The van der Waals surface area contributed by atoms with Gasteiger partial charge in [-0.25, -0.2) is 4.79 Å². The molecule has 0 saturated carbocycles. The zero-order valence-corrected chi connectivity index (χ0v) is 11.4. The highest BCUT2D eigenvalue weighted by atomic mass is 16.6. The Labute approximate surface area is 99.3 Å². The van der Waals surface area contributed by atoms with Gasteiger partial charge in [0.2, 0.25) is 0 Å². The van der Waals surface area contributed by atoms with Gasteiger partial charge < -0.3 is 10.1 Å². The summed E-state index contributed by atoms with van der Waals surface area (Å²) in [4.78, 5) is 11.3. The summed E-state index contributed by atoms with van der Waals surface area (Å²) in [6.07, 6.45) is 1.65. The normalized spacial score (nSPS) is 10.9. The molecule has 0 saturated heterocycles. The van der Waals surface area contributed by atoms with Crippen LogP contribution in [-0.4, -0.2) is 18.2 Å². The van der Waals surface area contributed by atoms with Crippen LogP contribution in [0.15, 0.2) is 11.1 Å². The zero-order chi connectivity index (χ0) is 12.8. The van der Waals surface area contributed by atoms with E-state index in [1.807, 2.05) is 20.8 Å². The van der Waals surface area contributed by atoms with Gasteiger partial charge in [-0.3, -0.25) is 0 Å². The van der Waals surface area contributed by atoms with E-state index in [0.717, 1.165) is 12.8 Å². The smallest absolute Gasteiger partial charge is 0.407 e. The van der Waals surface area contributed by atoms with Crippen LogP contribution in [0.3, 0.4) is 0 Å². The molecule has 0 aromatic carbocycles. The van der Waals surface area contributed by atoms with Crippen molar-refractivity contribution in [1.29, 1.82) is 0 Å². The third-order valence-electron chi connectivity index (χ3n) is 2.25. The molecule has 16 heavy (non-hydrogen) atoms. The van der Waals surface area contributed by atoms with E-state index in [1.54, 1.807) is 0 Å². The summed E-state index contributed by atoms with van der Waals surface area (Å²) >= 11 is 0. The number of hydrogen-bond acceptors (Lipinski definition) is 2. The molecule has 0 spiro atoms. The average molecular weight is 227 g/mol. The lowest BCUT2D eigenvalue weighted by Crippen LogP contribution is -2.33. The van der Waals surface area contributed by atoms with Crippen molar-refractivity contribution in [2.24, 2.45) is 0 Å². The highest BCUT2D eigenvalue weighted by Gasteiger charge is 2.15. The van der Waals surface area contributed by atoms with Crippen molar-refractivity contribution in [2.75, 3.05) is 6.54 Å². The predicted octanol–water partition coefficient (Wildman–Crippen LogP) is 3.65. The molecule has 0 heterocycles. The fraction of sp³-hybridized carbons (Fsp3) is 0.769. The van der Waals surface area contributed by atoms with Crippen molar-refractivity contribution in [2.45, 2.75) is 60.0 Å². The second kappa shape index (κ2) is 6.56. The Kier molecular flexibility index (Phi) is 6.16. The van der Waals surface area contributed by atoms with Gasteiger partial charge in [0.05, 0.1) is 0 Å². The van der Waals surface area contributed by atoms with Crippen molar-refractivity contribution in [3.8, 4) is 0 Å². The molecule has 0 rings (SSSR count). The maximum Gasteiger partial charge on any atom is 0.407 e. The lowest BCUT2D eigenvalue weighted by molar-refractivity contribution is 0.0527. The molecule has 0 fully saturated rings. The molecule has 0 radical (unpaired) electrons. The summed E-state index contributed by atoms with van der Waals surface area (Å²) in [7, 11) is 0. The number of rotatable bonds is 4. The molecule has 0 aliphatic carbocycles. The van der Waals surface area contributed by atoms with Crippen LogP contribution in [0.4, 0.5) is 4.79 Å².